The number of carbonyl (C=O) groups is 3. The first kappa shape index (κ1) is 19.6. The van der Waals surface area contributed by atoms with Crippen molar-refractivity contribution in [2.24, 2.45) is 17.8 Å². The molecule has 5 aliphatic rings. The van der Waals surface area contributed by atoms with Gasteiger partial charge in [-0.15, -0.1) is 0 Å². The van der Waals surface area contributed by atoms with Gasteiger partial charge in [0.15, 0.2) is 6.61 Å². The second kappa shape index (κ2) is 7.71. The molecule has 0 radical (unpaired) electrons. The summed E-state index contributed by atoms with van der Waals surface area (Å²) in [5.41, 5.74) is 2.78. The number of urea groups is 1. The van der Waals surface area contributed by atoms with E-state index in [-0.39, 0.29) is 5.54 Å². The zero-order valence-electron chi connectivity index (χ0n) is 17.4. The average Bonchev–Trinajstić information content (AvgIpc) is 2.70. The SMILES string of the molecule is O=C(COC(=O)c1ccc2c(c1)CCCC2)NC(=O)NC12CC3CC(CC(C3)C1)C2. The van der Waals surface area contributed by atoms with Gasteiger partial charge in [-0.05, 0) is 105 Å². The first-order chi connectivity index (χ1) is 14.5. The summed E-state index contributed by atoms with van der Waals surface area (Å²) in [7, 11) is 0. The van der Waals surface area contributed by atoms with Gasteiger partial charge >= 0.3 is 12.0 Å². The van der Waals surface area contributed by atoms with E-state index in [1.807, 2.05) is 12.1 Å². The molecule has 30 heavy (non-hydrogen) atoms. The maximum Gasteiger partial charge on any atom is 0.338 e. The van der Waals surface area contributed by atoms with Crippen LogP contribution in [-0.2, 0) is 22.4 Å². The lowest BCUT2D eigenvalue weighted by molar-refractivity contribution is -0.123. The predicted molar refractivity (Wildman–Crippen MR) is 111 cm³/mol. The number of aryl methyl sites for hydroxylation is 2. The van der Waals surface area contributed by atoms with Gasteiger partial charge in [0, 0.05) is 5.54 Å². The zero-order chi connectivity index (χ0) is 20.7. The Bertz CT molecular complexity index is 843. The molecule has 0 aliphatic heterocycles. The Morgan fingerprint density at radius 1 is 0.933 bits per heavy atom. The van der Waals surface area contributed by atoms with Crippen molar-refractivity contribution >= 4 is 17.9 Å². The van der Waals surface area contributed by atoms with Crippen molar-refractivity contribution in [1.29, 1.82) is 0 Å². The summed E-state index contributed by atoms with van der Waals surface area (Å²) in [5.74, 6) is 1.02. The van der Waals surface area contributed by atoms with E-state index >= 15 is 0 Å². The molecule has 1 aromatic rings. The molecule has 160 valence electrons. The van der Waals surface area contributed by atoms with Gasteiger partial charge in [-0.2, -0.15) is 0 Å². The number of imide groups is 1. The molecule has 1 aromatic carbocycles. The number of hydrogen-bond donors (Lipinski definition) is 2. The normalized spacial score (nSPS) is 31.0. The molecule has 0 saturated heterocycles. The fourth-order valence-electron chi connectivity index (χ4n) is 6.77. The maximum absolute atomic E-state index is 12.4. The first-order valence-corrected chi connectivity index (χ1v) is 11.4. The standard InChI is InChI=1S/C24H30N2O4/c27-21(14-30-22(28)20-6-5-18-3-1-2-4-19(18)10-20)25-23(29)26-24-11-15-7-16(12-24)9-17(8-15)13-24/h5-6,10,15-17H,1-4,7-9,11-14H2,(H2,25,26,27,29). The number of rotatable bonds is 4. The maximum atomic E-state index is 12.4. The molecule has 3 amide bonds. The number of hydrogen-bond acceptors (Lipinski definition) is 4. The van der Waals surface area contributed by atoms with E-state index in [9.17, 15) is 14.4 Å². The number of benzene rings is 1. The summed E-state index contributed by atoms with van der Waals surface area (Å²) in [4.78, 5) is 36.9. The highest BCUT2D eigenvalue weighted by atomic mass is 16.5. The minimum absolute atomic E-state index is 0.154. The van der Waals surface area contributed by atoms with Crippen molar-refractivity contribution in [3.63, 3.8) is 0 Å². The first-order valence-electron chi connectivity index (χ1n) is 11.4. The second-order valence-electron chi connectivity index (χ2n) is 9.97. The van der Waals surface area contributed by atoms with Crippen LogP contribution in [0.15, 0.2) is 18.2 Å². The Morgan fingerprint density at radius 3 is 2.23 bits per heavy atom. The van der Waals surface area contributed by atoms with Crippen LogP contribution in [0, 0.1) is 17.8 Å². The Morgan fingerprint density at radius 2 is 1.57 bits per heavy atom. The van der Waals surface area contributed by atoms with Crippen LogP contribution in [0.4, 0.5) is 4.79 Å². The van der Waals surface area contributed by atoms with Gasteiger partial charge in [0.25, 0.3) is 5.91 Å². The van der Waals surface area contributed by atoms with Crippen LogP contribution in [0.25, 0.3) is 0 Å². The molecule has 0 aromatic heterocycles. The fourth-order valence-corrected chi connectivity index (χ4v) is 6.77. The number of fused-ring (bicyclic) bond motifs is 1. The van der Waals surface area contributed by atoms with Crippen LogP contribution in [0.3, 0.4) is 0 Å². The van der Waals surface area contributed by atoms with Crippen molar-refractivity contribution in [3.8, 4) is 0 Å². The van der Waals surface area contributed by atoms with Gasteiger partial charge in [-0.3, -0.25) is 10.1 Å². The molecule has 0 unspecified atom stereocenters. The molecule has 2 N–H and O–H groups in total. The van der Waals surface area contributed by atoms with Crippen molar-refractivity contribution in [2.75, 3.05) is 6.61 Å². The number of amides is 3. The molecular formula is C24H30N2O4. The molecular weight excluding hydrogens is 380 g/mol. The number of nitrogens with one attached hydrogen (secondary N) is 2. The van der Waals surface area contributed by atoms with Gasteiger partial charge in [0.2, 0.25) is 0 Å². The quantitative estimate of drug-likeness (QED) is 0.744. The smallest absolute Gasteiger partial charge is 0.338 e. The van der Waals surface area contributed by atoms with E-state index in [1.165, 1.54) is 36.8 Å². The summed E-state index contributed by atoms with van der Waals surface area (Å²) >= 11 is 0. The molecule has 0 heterocycles. The summed E-state index contributed by atoms with van der Waals surface area (Å²) in [6.07, 6.45) is 11.3. The van der Waals surface area contributed by atoms with Crippen molar-refractivity contribution in [1.82, 2.24) is 10.6 Å². The number of carbonyl (C=O) groups excluding carboxylic acids is 3. The molecule has 0 spiro atoms. The number of esters is 1. The van der Waals surface area contributed by atoms with Crippen molar-refractivity contribution < 1.29 is 19.1 Å². The molecule has 4 saturated carbocycles. The Labute approximate surface area is 177 Å². The van der Waals surface area contributed by atoms with Crippen LogP contribution in [0.5, 0.6) is 0 Å². The van der Waals surface area contributed by atoms with Crippen molar-refractivity contribution in [3.05, 3.63) is 34.9 Å². The van der Waals surface area contributed by atoms with E-state index < -0.39 is 24.5 Å². The largest absolute Gasteiger partial charge is 0.452 e. The second-order valence-corrected chi connectivity index (χ2v) is 9.97. The monoisotopic (exact) mass is 410 g/mol. The molecule has 4 bridgehead atoms. The summed E-state index contributed by atoms with van der Waals surface area (Å²) in [6.45, 7) is -0.454. The van der Waals surface area contributed by atoms with Crippen LogP contribution in [0.1, 0.15) is 72.9 Å². The highest BCUT2D eigenvalue weighted by Gasteiger charge is 2.51. The molecule has 6 heteroatoms. The molecule has 6 nitrogen and oxygen atoms in total. The highest BCUT2D eigenvalue weighted by molar-refractivity contribution is 5.97. The van der Waals surface area contributed by atoms with E-state index in [2.05, 4.69) is 10.6 Å². The van der Waals surface area contributed by atoms with Gasteiger partial charge in [-0.25, -0.2) is 9.59 Å². The van der Waals surface area contributed by atoms with Crippen LogP contribution in [0.2, 0.25) is 0 Å². The van der Waals surface area contributed by atoms with Gasteiger partial charge in [-0.1, -0.05) is 6.07 Å². The van der Waals surface area contributed by atoms with E-state index in [4.69, 9.17) is 4.74 Å². The van der Waals surface area contributed by atoms with Gasteiger partial charge < -0.3 is 10.1 Å². The van der Waals surface area contributed by atoms with Crippen LogP contribution in [-0.4, -0.2) is 30.1 Å². The highest BCUT2D eigenvalue weighted by Crippen LogP contribution is 2.55. The third-order valence-corrected chi connectivity index (χ3v) is 7.59. The average molecular weight is 411 g/mol. The summed E-state index contributed by atoms with van der Waals surface area (Å²) in [6, 6.07) is 5.13. The lowest BCUT2D eigenvalue weighted by Crippen LogP contribution is -2.62. The van der Waals surface area contributed by atoms with Gasteiger partial charge in [0.1, 0.15) is 0 Å². The van der Waals surface area contributed by atoms with Crippen molar-refractivity contribution in [2.45, 2.75) is 69.7 Å². The molecule has 0 atom stereocenters. The molecule has 5 aliphatic carbocycles. The third-order valence-electron chi connectivity index (χ3n) is 7.59. The zero-order valence-corrected chi connectivity index (χ0v) is 17.4. The Balaban J connectivity index is 1.11. The Hall–Kier alpha value is -2.37. The Kier molecular flexibility index (Phi) is 5.03. The lowest BCUT2D eigenvalue weighted by atomic mass is 9.53. The lowest BCUT2D eigenvalue weighted by Gasteiger charge is -2.56. The summed E-state index contributed by atoms with van der Waals surface area (Å²) < 4.78 is 5.14. The molecule has 4 fully saturated rings. The predicted octanol–water partition coefficient (Wildman–Crippen LogP) is 3.52. The van der Waals surface area contributed by atoms with E-state index in [1.54, 1.807) is 6.07 Å². The van der Waals surface area contributed by atoms with Crippen LogP contribution >= 0.6 is 0 Å². The third kappa shape index (κ3) is 3.96. The minimum atomic E-state index is -0.594. The van der Waals surface area contributed by atoms with Crippen LogP contribution < -0.4 is 10.6 Å². The summed E-state index contributed by atoms with van der Waals surface area (Å²) in [5, 5.41) is 5.44. The van der Waals surface area contributed by atoms with E-state index in [0.29, 0.717) is 23.3 Å². The minimum Gasteiger partial charge on any atom is -0.452 e. The van der Waals surface area contributed by atoms with E-state index in [0.717, 1.165) is 38.5 Å². The van der Waals surface area contributed by atoms with Gasteiger partial charge in [0.05, 0.1) is 5.56 Å². The number of ether oxygens (including phenoxy) is 1. The topological polar surface area (TPSA) is 84.5 Å². The fraction of sp³-hybridized carbons (Fsp3) is 0.625. The molecule has 6 rings (SSSR count).